The van der Waals surface area contributed by atoms with Crippen LogP contribution in [0.1, 0.15) is 21.6 Å². The molecule has 0 aliphatic heterocycles. The van der Waals surface area contributed by atoms with Gasteiger partial charge in [0.05, 0.1) is 0 Å². The summed E-state index contributed by atoms with van der Waals surface area (Å²) in [7, 11) is 1.76. The van der Waals surface area contributed by atoms with Crippen molar-refractivity contribution in [3.8, 4) is 5.75 Å². The van der Waals surface area contributed by atoms with Crippen LogP contribution in [0, 0.1) is 0 Å². The monoisotopic (exact) mass is 370 g/mol. The highest BCUT2D eigenvalue weighted by Crippen LogP contribution is 2.24. The van der Waals surface area contributed by atoms with Gasteiger partial charge in [0, 0.05) is 36.6 Å². The van der Waals surface area contributed by atoms with Crippen molar-refractivity contribution in [2.45, 2.75) is 13.1 Å². The Morgan fingerprint density at radius 3 is 2.39 bits per heavy atom. The topological polar surface area (TPSA) is 45.5 Å². The summed E-state index contributed by atoms with van der Waals surface area (Å²) in [4.78, 5) is 14.9. The van der Waals surface area contributed by atoms with E-state index in [2.05, 4.69) is 16.7 Å². The molecule has 4 heteroatoms. The number of nitrogens with zero attached hydrogens (tertiary/aromatic N) is 2. The third-order valence-electron chi connectivity index (χ3n) is 4.96. The fourth-order valence-electron chi connectivity index (χ4n) is 3.49. The summed E-state index contributed by atoms with van der Waals surface area (Å²) in [5.74, 6) is 0.127. The van der Waals surface area contributed by atoms with Crippen LogP contribution in [0.15, 0.2) is 84.9 Å². The molecular formula is C24H22N2O2. The van der Waals surface area contributed by atoms with Crippen LogP contribution in [0.3, 0.4) is 0 Å². The summed E-state index contributed by atoms with van der Waals surface area (Å²) in [5.41, 5.74) is 3.54. The average molecular weight is 370 g/mol. The zero-order valence-corrected chi connectivity index (χ0v) is 15.7. The van der Waals surface area contributed by atoms with Crippen LogP contribution in [-0.4, -0.2) is 27.5 Å². The van der Waals surface area contributed by atoms with E-state index in [1.807, 2.05) is 60.7 Å². The smallest absolute Gasteiger partial charge is 0.270 e. The van der Waals surface area contributed by atoms with E-state index in [1.165, 1.54) is 0 Å². The first-order valence-electron chi connectivity index (χ1n) is 9.28. The van der Waals surface area contributed by atoms with Crippen molar-refractivity contribution in [1.29, 1.82) is 0 Å². The molecule has 0 unspecified atom stereocenters. The first-order chi connectivity index (χ1) is 13.6. The van der Waals surface area contributed by atoms with Crippen molar-refractivity contribution in [2.24, 2.45) is 0 Å². The van der Waals surface area contributed by atoms with Gasteiger partial charge in [-0.3, -0.25) is 4.79 Å². The van der Waals surface area contributed by atoms with Crippen LogP contribution in [0.2, 0.25) is 0 Å². The van der Waals surface area contributed by atoms with E-state index in [9.17, 15) is 9.90 Å². The molecule has 0 spiro atoms. The van der Waals surface area contributed by atoms with Crippen molar-refractivity contribution in [2.75, 3.05) is 7.05 Å². The number of hydrogen-bond donors (Lipinski definition) is 1. The van der Waals surface area contributed by atoms with Crippen LogP contribution in [0.4, 0.5) is 0 Å². The Morgan fingerprint density at radius 2 is 1.61 bits per heavy atom. The summed E-state index contributed by atoms with van der Waals surface area (Å²) >= 11 is 0. The normalized spacial score (nSPS) is 10.9. The van der Waals surface area contributed by atoms with E-state index in [4.69, 9.17) is 0 Å². The van der Waals surface area contributed by atoms with Crippen molar-refractivity contribution in [3.63, 3.8) is 0 Å². The standard InChI is InChI=1S/C24H22N2O2/c1-25(17-20-12-6-8-14-23(20)27)24(28)22-15-19-11-5-7-13-21(19)26(22)16-18-9-3-2-4-10-18/h2-15,27H,16-17H2,1H3. The number of hydrogen-bond acceptors (Lipinski definition) is 2. The molecule has 4 aromatic rings. The third kappa shape index (κ3) is 3.49. The molecule has 0 radical (unpaired) electrons. The summed E-state index contributed by atoms with van der Waals surface area (Å²) in [6, 6.07) is 27.2. The molecule has 0 saturated heterocycles. The minimum Gasteiger partial charge on any atom is -0.508 e. The zero-order chi connectivity index (χ0) is 19.5. The van der Waals surface area contributed by atoms with Crippen LogP contribution in [0.5, 0.6) is 5.75 Å². The van der Waals surface area contributed by atoms with E-state index in [1.54, 1.807) is 24.1 Å². The summed E-state index contributed by atoms with van der Waals surface area (Å²) in [6.45, 7) is 0.970. The van der Waals surface area contributed by atoms with Gasteiger partial charge in [-0.25, -0.2) is 0 Å². The zero-order valence-electron chi connectivity index (χ0n) is 15.7. The van der Waals surface area contributed by atoms with Gasteiger partial charge in [0.2, 0.25) is 0 Å². The Hall–Kier alpha value is -3.53. The second-order valence-electron chi connectivity index (χ2n) is 6.95. The van der Waals surface area contributed by atoms with Gasteiger partial charge in [0.15, 0.2) is 0 Å². The number of rotatable bonds is 5. The molecule has 0 atom stereocenters. The second-order valence-corrected chi connectivity index (χ2v) is 6.95. The van der Waals surface area contributed by atoms with Gasteiger partial charge in [0.1, 0.15) is 11.4 Å². The number of phenols is 1. The molecule has 4 rings (SSSR count). The van der Waals surface area contributed by atoms with Gasteiger partial charge in [0.25, 0.3) is 5.91 Å². The van der Waals surface area contributed by atoms with Gasteiger partial charge in [-0.05, 0) is 23.8 Å². The maximum Gasteiger partial charge on any atom is 0.270 e. The van der Waals surface area contributed by atoms with E-state index in [-0.39, 0.29) is 11.7 Å². The predicted octanol–water partition coefficient (Wildman–Crippen LogP) is 4.67. The minimum absolute atomic E-state index is 0.0737. The van der Waals surface area contributed by atoms with Crippen molar-refractivity contribution < 1.29 is 9.90 Å². The summed E-state index contributed by atoms with van der Waals surface area (Å²) in [6.07, 6.45) is 0. The highest BCUT2D eigenvalue weighted by molar-refractivity contribution is 5.98. The van der Waals surface area contributed by atoms with Crippen LogP contribution < -0.4 is 0 Å². The number of benzene rings is 3. The van der Waals surface area contributed by atoms with Crippen LogP contribution in [-0.2, 0) is 13.1 Å². The Balaban J connectivity index is 1.70. The fraction of sp³-hybridized carbons (Fsp3) is 0.125. The van der Waals surface area contributed by atoms with Gasteiger partial charge in [-0.2, -0.15) is 0 Å². The second kappa shape index (κ2) is 7.61. The molecule has 0 aliphatic carbocycles. The summed E-state index contributed by atoms with van der Waals surface area (Å²) in [5, 5.41) is 11.1. The Bertz CT molecular complexity index is 1120. The lowest BCUT2D eigenvalue weighted by Crippen LogP contribution is -2.28. The number of aromatic nitrogens is 1. The summed E-state index contributed by atoms with van der Waals surface area (Å²) < 4.78 is 2.06. The van der Waals surface area contributed by atoms with Gasteiger partial charge >= 0.3 is 0 Å². The van der Waals surface area contributed by atoms with Crippen LogP contribution >= 0.6 is 0 Å². The first-order valence-corrected chi connectivity index (χ1v) is 9.28. The van der Waals surface area contributed by atoms with Crippen molar-refractivity contribution in [1.82, 2.24) is 9.47 Å². The van der Waals surface area contributed by atoms with E-state index in [0.717, 1.165) is 22.0 Å². The van der Waals surface area contributed by atoms with E-state index in [0.29, 0.717) is 18.8 Å². The fourth-order valence-corrected chi connectivity index (χ4v) is 3.49. The molecule has 28 heavy (non-hydrogen) atoms. The number of para-hydroxylation sites is 2. The van der Waals surface area contributed by atoms with Gasteiger partial charge in [-0.15, -0.1) is 0 Å². The SMILES string of the molecule is CN(Cc1ccccc1O)C(=O)c1cc2ccccc2n1Cc1ccccc1. The number of amides is 1. The highest BCUT2D eigenvalue weighted by Gasteiger charge is 2.20. The Kier molecular flexibility index (Phi) is 4.85. The largest absolute Gasteiger partial charge is 0.508 e. The molecule has 1 heterocycles. The number of phenolic OH excluding ortho intramolecular Hbond substituents is 1. The molecular weight excluding hydrogens is 348 g/mol. The quantitative estimate of drug-likeness (QED) is 0.555. The maximum absolute atomic E-state index is 13.3. The molecule has 0 saturated carbocycles. The number of carbonyl (C=O) groups excluding carboxylic acids is 1. The molecule has 1 amide bonds. The predicted molar refractivity (Wildman–Crippen MR) is 111 cm³/mol. The highest BCUT2D eigenvalue weighted by atomic mass is 16.3. The number of carbonyl (C=O) groups is 1. The molecule has 0 fully saturated rings. The molecule has 3 aromatic carbocycles. The molecule has 1 N–H and O–H groups in total. The minimum atomic E-state index is -0.0737. The lowest BCUT2D eigenvalue weighted by atomic mass is 10.2. The molecule has 0 aliphatic rings. The van der Waals surface area contributed by atoms with E-state index < -0.39 is 0 Å². The maximum atomic E-state index is 13.3. The van der Waals surface area contributed by atoms with Crippen molar-refractivity contribution in [3.05, 3.63) is 102 Å². The number of aromatic hydroxyl groups is 1. The third-order valence-corrected chi connectivity index (χ3v) is 4.96. The van der Waals surface area contributed by atoms with Crippen LogP contribution in [0.25, 0.3) is 10.9 Å². The average Bonchev–Trinajstić information content (AvgIpc) is 3.08. The van der Waals surface area contributed by atoms with Gasteiger partial charge in [-0.1, -0.05) is 66.7 Å². The van der Waals surface area contributed by atoms with E-state index >= 15 is 0 Å². The Labute approximate surface area is 164 Å². The molecule has 140 valence electrons. The lowest BCUT2D eigenvalue weighted by Gasteiger charge is -2.19. The molecule has 1 aromatic heterocycles. The number of fused-ring (bicyclic) bond motifs is 1. The molecule has 4 nitrogen and oxygen atoms in total. The van der Waals surface area contributed by atoms with Crippen molar-refractivity contribution >= 4 is 16.8 Å². The van der Waals surface area contributed by atoms with Gasteiger partial charge < -0.3 is 14.6 Å². The lowest BCUT2D eigenvalue weighted by molar-refractivity contribution is 0.0774. The molecule has 0 bridgehead atoms. The first kappa shape index (κ1) is 17.9. The Morgan fingerprint density at radius 1 is 0.929 bits per heavy atom.